The SMILES string of the molecule is CN1CCN(c2ccc([N+](=O)[O-])cc2N)CC1.CN1CCNCC1.CN1CCn2c(nc3cc(N)ccc32)C1.CN1CCn2c(nc3cc([N+](=O)[O-])ccc32)C1.CN1CCn2c(nc3cc([N+](=O)[O-])ccc32)C1.Nc1cc([N+](=O)[O-])ccc1F.O=C(OCc1ccccc1)N1CCn2c(nc3cc([N+](=O)[O-])ccc32)C1.O=[N+]([O-])c1ccc2c(c1)nc1n2CCNC1. The monoisotopic (exact) mass is 1730 g/mol. The Labute approximate surface area is 719 Å². The lowest BCUT2D eigenvalue weighted by atomic mass is 10.2. The van der Waals surface area contributed by atoms with Gasteiger partial charge in [0.1, 0.15) is 41.5 Å². The van der Waals surface area contributed by atoms with Gasteiger partial charge < -0.3 is 70.1 Å². The van der Waals surface area contributed by atoms with Crippen LogP contribution in [0.4, 0.5) is 66.1 Å². The number of amides is 1. The molecule has 7 aliphatic rings. The van der Waals surface area contributed by atoms with Crippen LogP contribution in [0.3, 0.4) is 0 Å². The molecule has 1 amide bonds. The second-order valence-corrected chi connectivity index (χ2v) is 31.0. The number of non-ortho nitro benzene ring substituents is 6. The molecule has 7 aliphatic heterocycles. The van der Waals surface area contributed by atoms with Crippen LogP contribution in [0.5, 0.6) is 0 Å². The van der Waals surface area contributed by atoms with Crippen molar-refractivity contribution in [1.29, 1.82) is 0 Å². The van der Waals surface area contributed by atoms with E-state index in [-0.39, 0.29) is 56.3 Å². The zero-order valence-electron chi connectivity index (χ0n) is 70.1. The molecule has 12 heterocycles. The number of carbonyl (C=O) groups excluding carboxylic acids is 1. The third kappa shape index (κ3) is 22.0. The van der Waals surface area contributed by atoms with E-state index >= 15 is 0 Å². The molecule has 0 spiro atoms. The number of carbonyl (C=O) groups is 1. The quantitative estimate of drug-likeness (QED) is 0.0509. The van der Waals surface area contributed by atoms with Crippen molar-refractivity contribution < 1.29 is 43.5 Å². The summed E-state index contributed by atoms with van der Waals surface area (Å²) in [6.07, 6.45) is -0.391. The molecule has 0 atom stereocenters. The highest BCUT2D eigenvalue weighted by Crippen LogP contribution is 2.32. The molecule has 0 saturated carbocycles. The summed E-state index contributed by atoms with van der Waals surface area (Å²) in [5.41, 5.74) is 28.4. The van der Waals surface area contributed by atoms with E-state index in [9.17, 15) is 69.9 Å². The number of benzene rings is 8. The number of ether oxygens (including phenoxy) is 1. The first-order valence-electron chi connectivity index (χ1n) is 40.6. The molecule has 0 bridgehead atoms. The lowest BCUT2D eigenvalue weighted by Crippen LogP contribution is -2.44. The fourth-order valence-electron chi connectivity index (χ4n) is 15.2. The summed E-state index contributed by atoms with van der Waals surface area (Å²) in [5.74, 6) is 4.11. The molecule has 8 aromatic carbocycles. The summed E-state index contributed by atoms with van der Waals surface area (Å²) < 4.78 is 28.4. The predicted molar refractivity (Wildman–Crippen MR) is 472 cm³/mol. The van der Waals surface area contributed by atoms with E-state index < -0.39 is 31.6 Å². The summed E-state index contributed by atoms with van der Waals surface area (Å²) in [5, 5.41) is 70.2. The fraction of sp³-hybridized carbons (Fsp3) is 0.349. The minimum atomic E-state index is -0.643. The number of imidazole rings is 5. The number of hydrogen-bond acceptors (Lipinski definition) is 30. The number of nitrogens with two attached hydrogens (primary N) is 3. The second kappa shape index (κ2) is 40.3. The number of halogens is 1. The molecule has 20 rings (SSSR count). The molecule has 2 saturated heterocycles. The third-order valence-electron chi connectivity index (χ3n) is 22.1. The molecule has 0 aliphatic carbocycles. The van der Waals surface area contributed by atoms with E-state index in [1.54, 1.807) is 47.4 Å². The van der Waals surface area contributed by atoms with Crippen molar-refractivity contribution in [2.45, 2.75) is 72.1 Å². The molecule has 660 valence electrons. The first-order valence-corrected chi connectivity index (χ1v) is 40.6. The molecule has 0 radical (unpaired) electrons. The largest absolute Gasteiger partial charge is 0.445 e. The minimum absolute atomic E-state index is 0.00655. The average Bonchev–Trinajstić information content (AvgIpc) is 1.86. The van der Waals surface area contributed by atoms with Crippen LogP contribution in [0.25, 0.3) is 55.2 Å². The number of nitrogens with one attached hydrogen (secondary N) is 2. The van der Waals surface area contributed by atoms with E-state index in [0.717, 1.165) is 204 Å². The number of nitrogen functional groups attached to an aromatic ring is 3. The van der Waals surface area contributed by atoms with Crippen molar-refractivity contribution in [3.05, 3.63) is 259 Å². The zero-order chi connectivity index (χ0) is 89.6. The highest BCUT2D eigenvalue weighted by Gasteiger charge is 2.28. The Hall–Kier alpha value is -14.4. The Kier molecular flexibility index (Phi) is 28.6. The van der Waals surface area contributed by atoms with E-state index in [2.05, 4.69) is 110 Å². The van der Waals surface area contributed by atoms with E-state index in [0.29, 0.717) is 53.2 Å². The van der Waals surface area contributed by atoms with Crippen LogP contribution in [0, 0.1) is 66.5 Å². The molecule has 43 heteroatoms. The Morgan fingerprint density at radius 1 is 0.373 bits per heavy atom. The normalized spacial score (nSPS) is 15.6. The predicted octanol–water partition coefficient (Wildman–Crippen LogP) is 9.75. The van der Waals surface area contributed by atoms with Crippen molar-refractivity contribution in [2.75, 3.05) is 142 Å². The lowest BCUT2D eigenvalue weighted by Gasteiger charge is -2.34. The van der Waals surface area contributed by atoms with Crippen molar-refractivity contribution in [2.24, 2.45) is 0 Å². The number of nitro benzene ring substituents is 6. The summed E-state index contributed by atoms with van der Waals surface area (Å²) in [6, 6.07) is 42.3. The lowest BCUT2D eigenvalue weighted by molar-refractivity contribution is -0.385. The van der Waals surface area contributed by atoms with E-state index in [1.165, 1.54) is 67.1 Å². The van der Waals surface area contributed by atoms with Crippen molar-refractivity contribution in [1.82, 2.24) is 87.8 Å². The van der Waals surface area contributed by atoms with Gasteiger partial charge in [0, 0.05) is 196 Å². The summed E-state index contributed by atoms with van der Waals surface area (Å²) in [6.45, 7) is 21.0. The molecule has 5 aromatic heterocycles. The number of nitrogens with zero attached hydrogens (tertiary/aromatic N) is 23. The van der Waals surface area contributed by atoms with Gasteiger partial charge in [0.05, 0.1) is 134 Å². The van der Waals surface area contributed by atoms with E-state index in [4.69, 9.17) is 21.9 Å². The Balaban J connectivity index is 0.000000126. The van der Waals surface area contributed by atoms with Crippen LogP contribution < -0.4 is 32.7 Å². The van der Waals surface area contributed by atoms with Crippen LogP contribution >= 0.6 is 0 Å². The van der Waals surface area contributed by atoms with Gasteiger partial charge in [0.15, 0.2) is 0 Å². The van der Waals surface area contributed by atoms with Gasteiger partial charge >= 0.3 is 6.09 Å². The zero-order valence-corrected chi connectivity index (χ0v) is 70.1. The van der Waals surface area contributed by atoms with Gasteiger partial charge in [-0.1, -0.05) is 30.3 Å². The van der Waals surface area contributed by atoms with Crippen LogP contribution in [0.1, 0.15) is 34.7 Å². The Morgan fingerprint density at radius 3 is 1.13 bits per heavy atom. The molecule has 8 N–H and O–H groups in total. The third-order valence-corrected chi connectivity index (χ3v) is 22.1. The number of rotatable bonds is 9. The highest BCUT2D eigenvalue weighted by molar-refractivity contribution is 5.83. The average molecular weight is 1730 g/mol. The van der Waals surface area contributed by atoms with Gasteiger partial charge in [-0.3, -0.25) is 80.3 Å². The number of likely N-dealkylation sites (N-methyl/N-ethyl adjacent to an activating group) is 5. The van der Waals surface area contributed by atoms with Crippen LogP contribution in [-0.4, -0.2) is 233 Å². The van der Waals surface area contributed by atoms with Gasteiger partial charge in [-0.05, 0) is 95.4 Å². The number of aromatic nitrogens is 10. The first-order chi connectivity index (χ1) is 60.5. The van der Waals surface area contributed by atoms with Crippen LogP contribution in [0.2, 0.25) is 0 Å². The number of hydrogen-bond donors (Lipinski definition) is 5. The van der Waals surface area contributed by atoms with Gasteiger partial charge in [-0.15, -0.1) is 0 Å². The summed E-state index contributed by atoms with van der Waals surface area (Å²) in [4.78, 5) is 111. The standard InChI is InChI=1S/C18H16N4O4.2C11H12N4O2.C11H16N4O2.C11H14N4.C10H10N4O2.C6H5FN2O2.C5H12N2/c23-18(26-12-13-4-2-1-3-5-13)20-8-9-21-16-7-6-14(22(24)25)10-15(16)19-17(21)11-20;2*1-13-4-5-14-10-3-2-8(15(16)17)6-9(10)12-11(14)7-13;1-13-4-6-14(7-5-13)11-3-2-9(15(16)17)8-10(11)12;1-14-4-5-15-10-3-2-8(12)6-9(10)13-11(15)7-14;15-14(16)7-1-2-9-8(5-7)12-10-6-11-3-4-13(9)10;7-5-2-1-4(9(10)11)3-6(5)8;1-7-4-2-6-3-5-7/h1-7,10H,8-9,11-12H2;2*2-3,6H,4-5,7H2,1H3;2-3,8H,4-7,12H2,1H3;2-3,6H,4-5,7,12H2,1H3;1-2,5,11H,3-4,6H2;1-3H,8H2;6H,2-5H2,1H3. The Morgan fingerprint density at radius 2 is 0.722 bits per heavy atom. The fourth-order valence-corrected chi connectivity index (χ4v) is 15.2. The van der Waals surface area contributed by atoms with Crippen molar-refractivity contribution >= 4 is 118 Å². The van der Waals surface area contributed by atoms with Gasteiger partial charge in [0.25, 0.3) is 34.1 Å². The summed E-state index contributed by atoms with van der Waals surface area (Å²) in [7, 11) is 10.4. The van der Waals surface area contributed by atoms with Gasteiger partial charge in [-0.2, -0.15) is 0 Å². The molecule has 0 unspecified atom stereocenters. The summed E-state index contributed by atoms with van der Waals surface area (Å²) >= 11 is 0. The molecule has 13 aromatic rings. The van der Waals surface area contributed by atoms with Crippen LogP contribution in [0.15, 0.2) is 158 Å². The Bertz CT molecular complexity index is 6060. The van der Waals surface area contributed by atoms with Gasteiger partial charge in [0.2, 0.25) is 0 Å². The smallest absolute Gasteiger partial charge is 0.410 e. The molecule has 126 heavy (non-hydrogen) atoms. The van der Waals surface area contributed by atoms with Gasteiger partial charge in [-0.25, -0.2) is 34.1 Å². The first kappa shape index (κ1) is 89.4. The van der Waals surface area contributed by atoms with Crippen molar-refractivity contribution in [3.8, 4) is 0 Å². The second-order valence-electron chi connectivity index (χ2n) is 31.0. The molecular formula is C83H97FN28O14. The molecule has 2 fully saturated rings. The number of fused-ring (bicyclic) bond motifs is 15. The maximum Gasteiger partial charge on any atom is 0.410 e. The topological polar surface area (TPSA) is 499 Å². The number of piperazine rings is 2. The van der Waals surface area contributed by atoms with Crippen molar-refractivity contribution in [3.63, 3.8) is 0 Å². The van der Waals surface area contributed by atoms with Crippen LogP contribution in [-0.2, 0) is 76.8 Å². The number of nitro groups is 6. The van der Waals surface area contributed by atoms with E-state index in [1.807, 2.05) is 61.1 Å². The minimum Gasteiger partial charge on any atom is -0.445 e. The molecule has 42 nitrogen and oxygen atoms in total. The highest BCUT2D eigenvalue weighted by atomic mass is 19.1. The number of anilines is 4. The molecular weight excluding hydrogens is 1630 g/mol. The maximum atomic E-state index is 12.4. The maximum absolute atomic E-state index is 12.4.